The molecule has 0 aliphatic carbocycles. The number of hydrogen-bond acceptors (Lipinski definition) is 3. The minimum Gasteiger partial charge on any atom is -0.355 e. The summed E-state index contributed by atoms with van der Waals surface area (Å²) in [5.74, 6) is 7.61. The van der Waals surface area contributed by atoms with Crippen LogP contribution in [-0.4, -0.2) is 31.6 Å². The largest absolute Gasteiger partial charge is 0.355 e. The van der Waals surface area contributed by atoms with Crippen LogP contribution in [0.15, 0.2) is 4.99 Å². The Hall–Kier alpha value is -0.420. The van der Waals surface area contributed by atoms with Crippen molar-refractivity contribution >= 4 is 17.7 Å². The molecule has 0 aromatic carbocycles. The molecule has 0 aliphatic heterocycles. The summed E-state index contributed by atoms with van der Waals surface area (Å²) in [7, 11) is 1.70. The topological polar surface area (TPSA) is 62.4 Å². The molecule has 12 heavy (non-hydrogen) atoms. The number of nitrogens with one attached hydrogen (secondary N) is 2. The molecule has 0 aromatic rings. The van der Waals surface area contributed by atoms with E-state index >= 15 is 0 Å². The van der Waals surface area contributed by atoms with Crippen molar-refractivity contribution in [3.8, 4) is 0 Å². The molecule has 0 rings (SSSR count). The highest BCUT2D eigenvalue weighted by molar-refractivity contribution is 7.98. The Morgan fingerprint density at radius 2 is 2.33 bits per heavy atom. The van der Waals surface area contributed by atoms with E-state index in [0.717, 1.165) is 12.3 Å². The van der Waals surface area contributed by atoms with Gasteiger partial charge in [0, 0.05) is 13.6 Å². The molecule has 72 valence electrons. The predicted molar refractivity (Wildman–Crippen MR) is 56.2 cm³/mol. The summed E-state index contributed by atoms with van der Waals surface area (Å²) in [4.78, 5) is 3.90. The third-order valence-electron chi connectivity index (χ3n) is 1.43. The third kappa shape index (κ3) is 5.26. The Kier molecular flexibility index (Phi) is 6.99. The van der Waals surface area contributed by atoms with Gasteiger partial charge in [0.1, 0.15) is 0 Å². The number of aliphatic imine (C=N–C) groups is 1. The second-order valence-corrected chi connectivity index (χ2v) is 3.57. The average Bonchev–Trinajstić information content (AvgIpc) is 2.07. The minimum atomic E-state index is 0.630. The molecule has 0 bridgehead atoms. The molecular weight excluding hydrogens is 172 g/mol. The molecule has 4 N–H and O–H groups in total. The first-order chi connectivity index (χ1) is 5.74. The third-order valence-corrected chi connectivity index (χ3v) is 2.33. The van der Waals surface area contributed by atoms with Crippen LogP contribution < -0.4 is 16.6 Å². The van der Waals surface area contributed by atoms with Gasteiger partial charge in [0.15, 0.2) is 0 Å². The maximum atomic E-state index is 5.19. The molecule has 0 radical (unpaired) electrons. The Bertz CT molecular complexity index is 137. The van der Waals surface area contributed by atoms with E-state index in [1.807, 2.05) is 11.8 Å². The summed E-state index contributed by atoms with van der Waals surface area (Å²) in [5, 5.41) is 3.10. The molecule has 0 heterocycles. The molecule has 0 spiro atoms. The van der Waals surface area contributed by atoms with E-state index < -0.39 is 0 Å². The summed E-state index contributed by atoms with van der Waals surface area (Å²) in [5.41, 5.74) is 2.48. The van der Waals surface area contributed by atoms with Crippen molar-refractivity contribution in [1.82, 2.24) is 10.7 Å². The van der Waals surface area contributed by atoms with Gasteiger partial charge in [-0.15, -0.1) is 0 Å². The maximum Gasteiger partial charge on any atom is 0.205 e. The predicted octanol–water partition coefficient (Wildman–Crippen LogP) is 0.0242. The highest BCUT2D eigenvalue weighted by atomic mass is 32.2. The Balaban J connectivity index is 3.52. The van der Waals surface area contributed by atoms with Crippen LogP contribution in [0.4, 0.5) is 0 Å². The molecule has 4 nitrogen and oxygen atoms in total. The van der Waals surface area contributed by atoms with E-state index in [-0.39, 0.29) is 0 Å². The van der Waals surface area contributed by atoms with Crippen LogP contribution in [0.2, 0.25) is 0 Å². The minimum absolute atomic E-state index is 0.630. The standard InChI is InChI=1S/C7H18N4S/c1-6(5-12-3)4-10-7(9-2)11-8/h6H,4-5,8H2,1-3H3,(H2,9,10,11). The van der Waals surface area contributed by atoms with Gasteiger partial charge in [0.2, 0.25) is 5.96 Å². The number of thioether (sulfide) groups is 1. The molecule has 0 saturated carbocycles. The fraction of sp³-hybridized carbons (Fsp3) is 0.857. The van der Waals surface area contributed by atoms with Crippen LogP contribution in [0.1, 0.15) is 6.92 Å². The van der Waals surface area contributed by atoms with E-state index in [1.54, 1.807) is 7.05 Å². The molecular formula is C7H18N4S. The molecule has 0 aromatic heterocycles. The number of rotatable bonds is 4. The SMILES string of the molecule is CN=C(NN)NCC(C)CSC. The van der Waals surface area contributed by atoms with Gasteiger partial charge in [-0.2, -0.15) is 11.8 Å². The Labute approximate surface area is 78.4 Å². The van der Waals surface area contributed by atoms with E-state index in [4.69, 9.17) is 5.84 Å². The molecule has 1 atom stereocenters. The summed E-state index contributed by atoms with van der Waals surface area (Å²) in [6.07, 6.45) is 2.10. The number of nitrogens with two attached hydrogens (primary N) is 1. The lowest BCUT2D eigenvalue weighted by molar-refractivity contribution is 0.626. The molecule has 0 aliphatic rings. The number of guanidine groups is 1. The van der Waals surface area contributed by atoms with Crippen molar-refractivity contribution in [2.24, 2.45) is 16.8 Å². The van der Waals surface area contributed by atoms with Crippen LogP contribution in [0.5, 0.6) is 0 Å². The van der Waals surface area contributed by atoms with E-state index in [1.165, 1.54) is 0 Å². The smallest absolute Gasteiger partial charge is 0.205 e. The van der Waals surface area contributed by atoms with Gasteiger partial charge in [-0.25, -0.2) is 5.84 Å². The van der Waals surface area contributed by atoms with Gasteiger partial charge in [0.25, 0.3) is 0 Å². The number of nitrogens with zero attached hydrogens (tertiary/aromatic N) is 1. The van der Waals surface area contributed by atoms with Crippen LogP contribution in [0.25, 0.3) is 0 Å². The maximum absolute atomic E-state index is 5.19. The van der Waals surface area contributed by atoms with Crippen molar-refractivity contribution in [3.05, 3.63) is 0 Å². The molecule has 0 fully saturated rings. The van der Waals surface area contributed by atoms with E-state index in [9.17, 15) is 0 Å². The van der Waals surface area contributed by atoms with Crippen LogP contribution in [0.3, 0.4) is 0 Å². The zero-order valence-electron chi connectivity index (χ0n) is 7.92. The second-order valence-electron chi connectivity index (χ2n) is 2.66. The lowest BCUT2D eigenvalue weighted by Crippen LogP contribution is -2.43. The summed E-state index contributed by atoms with van der Waals surface area (Å²) < 4.78 is 0. The fourth-order valence-electron chi connectivity index (χ4n) is 0.809. The van der Waals surface area contributed by atoms with Gasteiger partial charge in [0.05, 0.1) is 0 Å². The quantitative estimate of drug-likeness (QED) is 0.253. The second kappa shape index (κ2) is 7.24. The van der Waals surface area contributed by atoms with Gasteiger partial charge >= 0.3 is 0 Å². The first-order valence-electron chi connectivity index (χ1n) is 3.90. The van der Waals surface area contributed by atoms with Gasteiger partial charge in [-0.05, 0) is 17.9 Å². The monoisotopic (exact) mass is 190 g/mol. The molecule has 1 unspecified atom stereocenters. The normalized spacial score (nSPS) is 14.2. The zero-order chi connectivity index (χ0) is 9.40. The van der Waals surface area contributed by atoms with Crippen molar-refractivity contribution in [2.45, 2.75) is 6.92 Å². The van der Waals surface area contributed by atoms with Crippen molar-refractivity contribution in [2.75, 3.05) is 25.6 Å². The Morgan fingerprint density at radius 1 is 1.67 bits per heavy atom. The van der Waals surface area contributed by atoms with Gasteiger partial charge < -0.3 is 5.32 Å². The zero-order valence-corrected chi connectivity index (χ0v) is 8.74. The van der Waals surface area contributed by atoms with Gasteiger partial charge in [-0.3, -0.25) is 10.4 Å². The van der Waals surface area contributed by atoms with E-state index in [0.29, 0.717) is 11.9 Å². The molecule has 5 heteroatoms. The first-order valence-corrected chi connectivity index (χ1v) is 5.30. The fourth-order valence-corrected chi connectivity index (χ4v) is 1.50. The number of hydrogen-bond donors (Lipinski definition) is 3. The van der Waals surface area contributed by atoms with Gasteiger partial charge in [-0.1, -0.05) is 6.92 Å². The highest BCUT2D eigenvalue weighted by Gasteiger charge is 2.01. The lowest BCUT2D eigenvalue weighted by atomic mass is 10.2. The molecule has 0 amide bonds. The van der Waals surface area contributed by atoms with E-state index in [2.05, 4.69) is 28.9 Å². The van der Waals surface area contributed by atoms with Crippen molar-refractivity contribution in [3.63, 3.8) is 0 Å². The summed E-state index contributed by atoms with van der Waals surface area (Å²) in [6, 6.07) is 0. The Morgan fingerprint density at radius 3 is 2.75 bits per heavy atom. The lowest BCUT2D eigenvalue weighted by Gasteiger charge is -2.12. The van der Waals surface area contributed by atoms with Crippen LogP contribution >= 0.6 is 11.8 Å². The number of hydrazine groups is 1. The van der Waals surface area contributed by atoms with Crippen molar-refractivity contribution in [1.29, 1.82) is 0 Å². The van der Waals surface area contributed by atoms with Crippen LogP contribution in [-0.2, 0) is 0 Å². The summed E-state index contributed by atoms with van der Waals surface area (Å²) >= 11 is 1.85. The average molecular weight is 190 g/mol. The summed E-state index contributed by atoms with van der Waals surface area (Å²) in [6.45, 7) is 3.09. The first kappa shape index (κ1) is 11.6. The highest BCUT2D eigenvalue weighted by Crippen LogP contribution is 2.01. The molecule has 0 saturated heterocycles. The van der Waals surface area contributed by atoms with Crippen LogP contribution in [0, 0.1) is 5.92 Å². The van der Waals surface area contributed by atoms with Crippen molar-refractivity contribution < 1.29 is 0 Å².